The lowest BCUT2D eigenvalue weighted by atomic mass is 10.1. The minimum Gasteiger partial charge on any atom is -0.286 e. The number of hydrogen-bond donors (Lipinski definition) is 0. The van der Waals surface area contributed by atoms with Gasteiger partial charge in [-0.2, -0.15) is 0 Å². The van der Waals surface area contributed by atoms with Crippen LogP contribution in [0.25, 0.3) is 22.4 Å². The van der Waals surface area contributed by atoms with Crippen LogP contribution in [0.5, 0.6) is 0 Å². The topological polar surface area (TPSA) is 47.8 Å². The summed E-state index contributed by atoms with van der Waals surface area (Å²) in [5, 5.41) is 0.643. The van der Waals surface area contributed by atoms with Gasteiger partial charge in [0.15, 0.2) is 5.65 Å². The standard InChI is InChI=1S/C17H14ClN3O/c1-10-2-9-14-16(19-10)21(13-7-8-13)17(22)15(20-14)11-3-5-12(18)6-4-11/h2-6,9,13H,7-8H2,1H3. The van der Waals surface area contributed by atoms with E-state index in [1.807, 2.05) is 31.2 Å². The van der Waals surface area contributed by atoms with Crippen molar-refractivity contribution in [3.63, 3.8) is 0 Å². The van der Waals surface area contributed by atoms with Crippen molar-refractivity contribution in [2.24, 2.45) is 0 Å². The first kappa shape index (κ1) is 13.5. The minimum absolute atomic E-state index is 0.0737. The molecular formula is C17H14ClN3O. The van der Waals surface area contributed by atoms with Gasteiger partial charge in [-0.05, 0) is 44.0 Å². The number of aryl methyl sites for hydroxylation is 1. The molecule has 5 heteroatoms. The zero-order valence-electron chi connectivity index (χ0n) is 12.1. The van der Waals surface area contributed by atoms with Crippen LogP contribution in [0.2, 0.25) is 5.02 Å². The molecule has 0 atom stereocenters. The molecule has 1 fully saturated rings. The normalized spacial score (nSPS) is 14.5. The lowest BCUT2D eigenvalue weighted by molar-refractivity contribution is 0.724. The predicted molar refractivity (Wildman–Crippen MR) is 87.3 cm³/mol. The van der Waals surface area contributed by atoms with Crippen LogP contribution >= 0.6 is 11.6 Å². The van der Waals surface area contributed by atoms with E-state index in [9.17, 15) is 4.79 Å². The molecular weight excluding hydrogens is 298 g/mol. The van der Waals surface area contributed by atoms with Crippen LogP contribution in [0, 0.1) is 6.92 Å². The van der Waals surface area contributed by atoms with Crippen LogP contribution in [0.3, 0.4) is 0 Å². The lowest BCUT2D eigenvalue weighted by Crippen LogP contribution is -2.23. The molecule has 110 valence electrons. The van der Waals surface area contributed by atoms with Crippen LogP contribution in [-0.2, 0) is 0 Å². The van der Waals surface area contributed by atoms with E-state index in [0.717, 1.165) is 29.6 Å². The summed E-state index contributed by atoms with van der Waals surface area (Å²) in [7, 11) is 0. The van der Waals surface area contributed by atoms with E-state index in [0.29, 0.717) is 16.4 Å². The fourth-order valence-corrected chi connectivity index (χ4v) is 2.77. The van der Waals surface area contributed by atoms with Gasteiger partial charge in [-0.15, -0.1) is 0 Å². The molecule has 0 N–H and O–H groups in total. The Balaban J connectivity index is 2.04. The summed E-state index contributed by atoms with van der Waals surface area (Å²) in [6.45, 7) is 1.92. The summed E-state index contributed by atoms with van der Waals surface area (Å²) >= 11 is 5.93. The maximum Gasteiger partial charge on any atom is 0.278 e. The first-order chi connectivity index (χ1) is 10.6. The molecule has 4 rings (SSSR count). The molecule has 0 amide bonds. The highest BCUT2D eigenvalue weighted by atomic mass is 35.5. The highest BCUT2D eigenvalue weighted by Crippen LogP contribution is 2.35. The third-order valence-corrected chi connectivity index (χ3v) is 4.16. The summed E-state index contributed by atoms with van der Waals surface area (Å²) in [5.41, 5.74) is 3.50. The van der Waals surface area contributed by atoms with E-state index in [2.05, 4.69) is 9.97 Å². The number of benzene rings is 1. The van der Waals surface area contributed by atoms with Gasteiger partial charge in [0.25, 0.3) is 5.56 Å². The molecule has 0 aliphatic heterocycles. The molecule has 3 aromatic rings. The van der Waals surface area contributed by atoms with E-state index in [1.165, 1.54) is 0 Å². The first-order valence-electron chi connectivity index (χ1n) is 7.29. The molecule has 1 aliphatic carbocycles. The third kappa shape index (κ3) is 2.20. The monoisotopic (exact) mass is 311 g/mol. The average Bonchev–Trinajstić information content (AvgIpc) is 3.32. The van der Waals surface area contributed by atoms with Gasteiger partial charge in [0, 0.05) is 22.3 Å². The number of fused-ring (bicyclic) bond motifs is 1. The summed E-state index contributed by atoms with van der Waals surface area (Å²) in [4.78, 5) is 22.0. The van der Waals surface area contributed by atoms with Crippen molar-refractivity contribution in [3.8, 4) is 11.3 Å². The number of pyridine rings is 1. The van der Waals surface area contributed by atoms with Crippen LogP contribution in [0.4, 0.5) is 0 Å². The Morgan fingerprint density at radius 1 is 1.09 bits per heavy atom. The maximum absolute atomic E-state index is 12.9. The fraction of sp³-hybridized carbons (Fsp3) is 0.235. The fourth-order valence-electron chi connectivity index (χ4n) is 2.65. The number of hydrogen-bond acceptors (Lipinski definition) is 3. The van der Waals surface area contributed by atoms with Crippen molar-refractivity contribution < 1.29 is 0 Å². The van der Waals surface area contributed by atoms with Gasteiger partial charge in [0.1, 0.15) is 11.2 Å². The van der Waals surface area contributed by atoms with Crippen molar-refractivity contribution in [2.45, 2.75) is 25.8 Å². The predicted octanol–water partition coefficient (Wildman–Crippen LogP) is 3.76. The van der Waals surface area contributed by atoms with Crippen molar-refractivity contribution in [2.75, 3.05) is 0 Å². The Morgan fingerprint density at radius 2 is 1.82 bits per heavy atom. The number of halogens is 1. The summed E-state index contributed by atoms with van der Waals surface area (Å²) < 4.78 is 1.80. The molecule has 0 spiro atoms. The number of rotatable bonds is 2. The van der Waals surface area contributed by atoms with Crippen LogP contribution in [0.15, 0.2) is 41.2 Å². The van der Waals surface area contributed by atoms with Crippen molar-refractivity contribution >= 4 is 22.8 Å². The summed E-state index contributed by atoms with van der Waals surface area (Å²) in [6.07, 6.45) is 2.05. The Morgan fingerprint density at radius 3 is 2.50 bits per heavy atom. The molecule has 0 bridgehead atoms. The van der Waals surface area contributed by atoms with Gasteiger partial charge in [-0.3, -0.25) is 9.36 Å². The summed E-state index contributed by atoms with van der Waals surface area (Å²) in [5.74, 6) is 0. The minimum atomic E-state index is -0.0737. The Kier molecular flexibility index (Phi) is 3.01. The van der Waals surface area contributed by atoms with Crippen molar-refractivity contribution in [3.05, 3.63) is 57.5 Å². The SMILES string of the molecule is Cc1ccc2nc(-c3ccc(Cl)cc3)c(=O)n(C3CC3)c2n1. The lowest BCUT2D eigenvalue weighted by Gasteiger charge is -2.11. The zero-order valence-corrected chi connectivity index (χ0v) is 12.8. The quantitative estimate of drug-likeness (QED) is 0.724. The Bertz CT molecular complexity index is 927. The second-order valence-electron chi connectivity index (χ2n) is 5.67. The van der Waals surface area contributed by atoms with Gasteiger partial charge in [-0.1, -0.05) is 23.7 Å². The van der Waals surface area contributed by atoms with E-state index < -0.39 is 0 Å². The van der Waals surface area contributed by atoms with Gasteiger partial charge < -0.3 is 0 Å². The molecule has 1 aromatic carbocycles. The van der Waals surface area contributed by atoms with E-state index in [1.54, 1.807) is 16.7 Å². The second kappa shape index (κ2) is 4.92. The maximum atomic E-state index is 12.9. The zero-order chi connectivity index (χ0) is 15.3. The van der Waals surface area contributed by atoms with E-state index >= 15 is 0 Å². The van der Waals surface area contributed by atoms with E-state index in [-0.39, 0.29) is 11.6 Å². The second-order valence-corrected chi connectivity index (χ2v) is 6.11. The Labute approximate surface area is 132 Å². The largest absolute Gasteiger partial charge is 0.286 e. The van der Waals surface area contributed by atoms with E-state index in [4.69, 9.17) is 11.6 Å². The molecule has 0 unspecified atom stereocenters. The average molecular weight is 312 g/mol. The molecule has 1 saturated carbocycles. The molecule has 2 heterocycles. The third-order valence-electron chi connectivity index (χ3n) is 3.91. The van der Waals surface area contributed by atoms with Crippen LogP contribution < -0.4 is 5.56 Å². The molecule has 4 nitrogen and oxygen atoms in total. The highest BCUT2D eigenvalue weighted by Gasteiger charge is 2.28. The molecule has 1 aliphatic rings. The van der Waals surface area contributed by atoms with Crippen LogP contribution in [-0.4, -0.2) is 14.5 Å². The van der Waals surface area contributed by atoms with Gasteiger partial charge in [-0.25, -0.2) is 9.97 Å². The molecule has 2 aromatic heterocycles. The summed E-state index contributed by atoms with van der Waals surface area (Å²) in [6, 6.07) is 11.3. The number of nitrogens with zero attached hydrogens (tertiary/aromatic N) is 3. The molecule has 22 heavy (non-hydrogen) atoms. The van der Waals surface area contributed by atoms with Crippen molar-refractivity contribution in [1.82, 2.24) is 14.5 Å². The van der Waals surface area contributed by atoms with Gasteiger partial charge in [0.2, 0.25) is 0 Å². The highest BCUT2D eigenvalue weighted by molar-refractivity contribution is 6.30. The molecule has 0 saturated heterocycles. The van der Waals surface area contributed by atoms with Gasteiger partial charge >= 0.3 is 0 Å². The first-order valence-corrected chi connectivity index (χ1v) is 7.67. The van der Waals surface area contributed by atoms with Gasteiger partial charge in [0.05, 0.1) is 0 Å². The number of aromatic nitrogens is 3. The van der Waals surface area contributed by atoms with Crippen molar-refractivity contribution in [1.29, 1.82) is 0 Å². The smallest absolute Gasteiger partial charge is 0.278 e. The Hall–Kier alpha value is -2.20. The molecule has 0 radical (unpaired) electrons. The van der Waals surface area contributed by atoms with Crippen LogP contribution in [0.1, 0.15) is 24.6 Å².